The molecule has 0 saturated heterocycles. The molecule has 2 nitrogen and oxygen atoms in total. The first-order valence-electron chi connectivity index (χ1n) is 22.9. The van der Waals surface area contributed by atoms with Gasteiger partial charge in [0.05, 0.1) is 0 Å². The average molecular weight is 916 g/mol. The summed E-state index contributed by atoms with van der Waals surface area (Å²) in [6, 6.07) is 80.1. The maximum absolute atomic E-state index is 6.44. The van der Waals surface area contributed by atoms with Crippen LogP contribution in [0.1, 0.15) is 0 Å². The van der Waals surface area contributed by atoms with E-state index < -0.39 is 0 Å². The van der Waals surface area contributed by atoms with Gasteiger partial charge in [-0.25, -0.2) is 0 Å². The van der Waals surface area contributed by atoms with Crippen LogP contribution in [0.5, 0.6) is 0 Å². The van der Waals surface area contributed by atoms with Crippen LogP contribution in [-0.2, 0) is 0 Å². The molecule has 310 valence electrons. The van der Waals surface area contributed by atoms with Gasteiger partial charge in [0.25, 0.3) is 0 Å². The normalized spacial score (nSPS) is 12.2. The third kappa shape index (κ3) is 5.27. The van der Waals surface area contributed by atoms with Crippen molar-refractivity contribution < 1.29 is 8.83 Å². The summed E-state index contributed by atoms with van der Waals surface area (Å²) >= 11 is 0.0585. The van der Waals surface area contributed by atoms with Crippen molar-refractivity contribution >= 4 is 121 Å². The molecule has 0 atom stereocenters. The van der Waals surface area contributed by atoms with Crippen molar-refractivity contribution in [3.63, 3.8) is 0 Å². The molecule has 15 aromatic rings. The van der Waals surface area contributed by atoms with Gasteiger partial charge in [0, 0.05) is 0 Å². The molecule has 0 fully saturated rings. The van der Waals surface area contributed by atoms with Crippen LogP contribution in [0.15, 0.2) is 227 Å². The molecule has 0 aliphatic carbocycles. The zero-order valence-corrected chi connectivity index (χ0v) is 37.7. The summed E-state index contributed by atoms with van der Waals surface area (Å²) in [6.07, 6.45) is 0. The van der Waals surface area contributed by atoms with E-state index in [-0.39, 0.29) is 14.5 Å². The van der Waals surface area contributed by atoms with Gasteiger partial charge in [-0.05, 0) is 0 Å². The standard InChI is InChI=1S/C64H36O2Se/c1-3-18-41-39(16-1)58(40-17-2-4-19-42(40)59(41)50-27-14-32-55-62(50)48-24-9-11-30-53(48)65-55)37-34-35-38-47-26-13-29-52(64(47)67-57(38)36-37)61-45-22-7-5-20-43(45)60(44-21-6-8-23-46(44)61)51-28-15-33-56-63(51)49-25-10-12-31-54(49)66-56/h1-36H. The van der Waals surface area contributed by atoms with Gasteiger partial charge < -0.3 is 0 Å². The Hall–Kier alpha value is -8.20. The van der Waals surface area contributed by atoms with Gasteiger partial charge in [-0.3, -0.25) is 0 Å². The number of para-hydroxylation sites is 2. The Bertz CT molecular complexity index is 4470. The second-order valence-corrected chi connectivity index (χ2v) is 19.9. The van der Waals surface area contributed by atoms with Gasteiger partial charge in [0.2, 0.25) is 0 Å². The molecule has 0 radical (unpaired) electrons. The molecule has 67 heavy (non-hydrogen) atoms. The SMILES string of the molecule is c1ccc2c(c1)oc1cccc(-c3c4ccccc4c(-c4ccc5c(c4)[se]c4c(-c6c7ccccc7c(-c7cccc8oc9ccccc9c78)c7ccccc67)cccc45)c4ccccc34)c12. The molecule has 0 aliphatic rings. The van der Waals surface area contributed by atoms with E-state index in [0.717, 1.165) is 43.9 Å². The Morgan fingerprint density at radius 2 is 0.612 bits per heavy atom. The van der Waals surface area contributed by atoms with E-state index >= 15 is 0 Å². The van der Waals surface area contributed by atoms with E-state index in [4.69, 9.17) is 8.83 Å². The summed E-state index contributed by atoms with van der Waals surface area (Å²) in [4.78, 5) is 0. The Labute approximate surface area is 390 Å². The van der Waals surface area contributed by atoms with Crippen LogP contribution in [-0.4, -0.2) is 14.5 Å². The third-order valence-corrected chi connectivity index (χ3v) is 16.8. The fraction of sp³-hybridized carbons (Fsp3) is 0. The van der Waals surface area contributed by atoms with Gasteiger partial charge >= 0.3 is 386 Å². The first-order chi connectivity index (χ1) is 33.3. The van der Waals surface area contributed by atoms with Gasteiger partial charge in [-0.2, -0.15) is 0 Å². The molecule has 3 aromatic heterocycles. The molecule has 15 rings (SSSR count). The van der Waals surface area contributed by atoms with Crippen LogP contribution >= 0.6 is 0 Å². The number of furan rings is 2. The molecular weight excluding hydrogens is 880 g/mol. The van der Waals surface area contributed by atoms with E-state index in [9.17, 15) is 0 Å². The molecule has 0 amide bonds. The van der Waals surface area contributed by atoms with Crippen LogP contribution in [0.25, 0.3) is 151 Å². The second kappa shape index (κ2) is 14.1. The molecule has 0 saturated carbocycles. The number of hydrogen-bond donors (Lipinski definition) is 0. The zero-order chi connectivity index (χ0) is 43.7. The minimum absolute atomic E-state index is 0.0585. The summed E-state index contributed by atoms with van der Waals surface area (Å²) in [7, 11) is 0. The molecular formula is C64H36O2Se. The summed E-state index contributed by atoms with van der Waals surface area (Å²) in [5.41, 5.74) is 13.7. The number of hydrogen-bond acceptors (Lipinski definition) is 2. The predicted molar refractivity (Wildman–Crippen MR) is 285 cm³/mol. The summed E-state index contributed by atoms with van der Waals surface area (Å²) in [6.45, 7) is 0. The predicted octanol–water partition coefficient (Wildman–Crippen LogP) is 18.1. The molecule has 3 heterocycles. The summed E-state index contributed by atoms with van der Waals surface area (Å²) in [5, 5.41) is 17.3. The Kier molecular flexibility index (Phi) is 7.83. The monoisotopic (exact) mass is 916 g/mol. The van der Waals surface area contributed by atoms with Crippen LogP contribution < -0.4 is 0 Å². The fourth-order valence-corrected chi connectivity index (χ4v) is 14.2. The van der Waals surface area contributed by atoms with Crippen molar-refractivity contribution in [3.8, 4) is 44.5 Å². The van der Waals surface area contributed by atoms with Gasteiger partial charge in [-0.15, -0.1) is 0 Å². The Morgan fingerprint density at radius 3 is 1.09 bits per heavy atom. The van der Waals surface area contributed by atoms with Crippen LogP contribution in [0.3, 0.4) is 0 Å². The van der Waals surface area contributed by atoms with E-state index in [1.165, 1.54) is 107 Å². The van der Waals surface area contributed by atoms with E-state index in [0.29, 0.717) is 0 Å². The quantitative estimate of drug-likeness (QED) is 0.130. The Balaban J connectivity index is 0.962. The van der Waals surface area contributed by atoms with Crippen LogP contribution in [0, 0.1) is 0 Å². The summed E-state index contributed by atoms with van der Waals surface area (Å²) < 4.78 is 15.7. The van der Waals surface area contributed by atoms with Crippen molar-refractivity contribution in [2.45, 2.75) is 0 Å². The average Bonchev–Trinajstić information content (AvgIpc) is 4.09. The number of benzene rings is 12. The van der Waals surface area contributed by atoms with Crippen molar-refractivity contribution in [1.82, 2.24) is 0 Å². The molecule has 0 unspecified atom stereocenters. The molecule has 0 aliphatic heterocycles. The Morgan fingerprint density at radius 1 is 0.254 bits per heavy atom. The molecule has 0 spiro atoms. The van der Waals surface area contributed by atoms with Gasteiger partial charge in [0.15, 0.2) is 0 Å². The van der Waals surface area contributed by atoms with Gasteiger partial charge in [-0.1, -0.05) is 6.07 Å². The first-order valence-corrected chi connectivity index (χ1v) is 24.6. The van der Waals surface area contributed by atoms with Gasteiger partial charge in [0.1, 0.15) is 0 Å². The van der Waals surface area contributed by atoms with Crippen molar-refractivity contribution in [1.29, 1.82) is 0 Å². The van der Waals surface area contributed by atoms with Crippen molar-refractivity contribution in [2.75, 3.05) is 0 Å². The van der Waals surface area contributed by atoms with Crippen LogP contribution in [0.4, 0.5) is 0 Å². The number of rotatable bonds is 4. The number of fused-ring (bicyclic) bond motifs is 13. The third-order valence-electron chi connectivity index (χ3n) is 14.3. The topological polar surface area (TPSA) is 26.3 Å². The maximum atomic E-state index is 6.44. The minimum atomic E-state index is 0.0585. The van der Waals surface area contributed by atoms with E-state index in [2.05, 4.69) is 212 Å². The second-order valence-electron chi connectivity index (χ2n) is 17.7. The summed E-state index contributed by atoms with van der Waals surface area (Å²) in [5.74, 6) is 0. The molecule has 0 N–H and O–H groups in total. The van der Waals surface area contributed by atoms with Crippen molar-refractivity contribution in [2.24, 2.45) is 0 Å². The molecule has 12 aromatic carbocycles. The van der Waals surface area contributed by atoms with E-state index in [1.54, 1.807) is 0 Å². The zero-order valence-electron chi connectivity index (χ0n) is 36.0. The van der Waals surface area contributed by atoms with Crippen molar-refractivity contribution in [3.05, 3.63) is 218 Å². The fourth-order valence-electron chi connectivity index (χ4n) is 11.6. The molecule has 3 heteroatoms. The van der Waals surface area contributed by atoms with E-state index in [1.807, 2.05) is 6.07 Å². The van der Waals surface area contributed by atoms with Crippen LogP contribution in [0.2, 0.25) is 0 Å². The first kappa shape index (κ1) is 37.1. The molecule has 0 bridgehead atoms.